The van der Waals surface area contributed by atoms with Crippen LogP contribution in [0.1, 0.15) is 13.3 Å². The van der Waals surface area contributed by atoms with E-state index >= 15 is 0 Å². The fraction of sp³-hybridized carbons (Fsp3) is 1.00. The van der Waals surface area contributed by atoms with Crippen molar-refractivity contribution in [2.75, 3.05) is 40.0 Å². The normalized spacial score (nSPS) is 10.9. The van der Waals surface area contributed by atoms with Crippen molar-refractivity contribution in [3.05, 3.63) is 0 Å². The Labute approximate surface area is 69.0 Å². The molecule has 0 saturated heterocycles. The van der Waals surface area contributed by atoms with E-state index in [2.05, 4.69) is 4.90 Å². The second-order valence-electron chi connectivity index (χ2n) is 2.58. The molecule has 0 aromatic heterocycles. The first-order chi connectivity index (χ1) is 5.31. The summed E-state index contributed by atoms with van der Waals surface area (Å²) in [6.45, 7) is 5.62. The van der Waals surface area contributed by atoms with Gasteiger partial charge in [-0.15, -0.1) is 0 Å². The third-order valence-corrected chi connectivity index (χ3v) is 1.51. The highest BCUT2D eigenvalue weighted by Gasteiger charge is 1.95. The van der Waals surface area contributed by atoms with Gasteiger partial charge in [0.15, 0.2) is 0 Å². The lowest BCUT2D eigenvalue weighted by Crippen LogP contribution is -2.24. The van der Waals surface area contributed by atoms with Gasteiger partial charge in [-0.2, -0.15) is 0 Å². The van der Waals surface area contributed by atoms with Crippen LogP contribution in [0.5, 0.6) is 0 Å². The number of aliphatic hydroxyl groups excluding tert-OH is 1. The zero-order chi connectivity index (χ0) is 8.53. The van der Waals surface area contributed by atoms with Crippen LogP contribution in [-0.2, 0) is 4.74 Å². The molecule has 0 fully saturated rings. The molecule has 0 saturated carbocycles. The second-order valence-corrected chi connectivity index (χ2v) is 2.58. The molecule has 11 heavy (non-hydrogen) atoms. The van der Waals surface area contributed by atoms with Crippen molar-refractivity contribution in [2.24, 2.45) is 0 Å². The number of hydrogen-bond donors (Lipinski definition) is 1. The van der Waals surface area contributed by atoms with Gasteiger partial charge in [0.2, 0.25) is 0 Å². The minimum absolute atomic E-state index is 0.241. The molecule has 0 aromatic rings. The number of aliphatic hydroxyl groups is 1. The summed E-state index contributed by atoms with van der Waals surface area (Å²) in [4.78, 5) is 2.10. The number of ether oxygens (including phenoxy) is 1. The molecule has 1 N–H and O–H groups in total. The van der Waals surface area contributed by atoms with Crippen molar-refractivity contribution in [1.82, 2.24) is 4.90 Å². The largest absolute Gasteiger partial charge is 0.395 e. The van der Waals surface area contributed by atoms with Crippen LogP contribution in [-0.4, -0.2) is 50.0 Å². The Morgan fingerprint density at radius 1 is 1.36 bits per heavy atom. The molecule has 0 heterocycles. The molecule has 0 bridgehead atoms. The first-order valence-electron chi connectivity index (χ1n) is 4.18. The van der Waals surface area contributed by atoms with E-state index in [9.17, 15) is 0 Å². The lowest BCUT2D eigenvalue weighted by molar-refractivity contribution is 0.131. The molecule has 0 aromatic carbocycles. The van der Waals surface area contributed by atoms with Crippen LogP contribution in [0, 0.1) is 0 Å². The molecular formula is C8H19NO2. The molecule has 0 radical (unpaired) electrons. The monoisotopic (exact) mass is 161 g/mol. The van der Waals surface area contributed by atoms with E-state index in [1.54, 1.807) is 0 Å². The number of hydrogen-bond acceptors (Lipinski definition) is 3. The Balaban J connectivity index is 2.97. The van der Waals surface area contributed by atoms with Gasteiger partial charge in [-0.3, -0.25) is 0 Å². The van der Waals surface area contributed by atoms with Crippen molar-refractivity contribution in [1.29, 1.82) is 0 Å². The maximum atomic E-state index is 8.57. The molecule has 0 aliphatic carbocycles. The average Bonchev–Trinajstić information content (AvgIpc) is 1.99. The molecule has 0 unspecified atom stereocenters. The summed E-state index contributed by atoms with van der Waals surface area (Å²) in [5.41, 5.74) is 0. The van der Waals surface area contributed by atoms with Crippen LogP contribution in [0.2, 0.25) is 0 Å². The van der Waals surface area contributed by atoms with Crippen molar-refractivity contribution in [2.45, 2.75) is 13.3 Å². The molecule has 0 amide bonds. The molecular weight excluding hydrogens is 142 g/mol. The Bertz CT molecular complexity index is 78.5. The highest BCUT2D eigenvalue weighted by molar-refractivity contribution is 4.48. The smallest absolute Gasteiger partial charge is 0.0558 e. The van der Waals surface area contributed by atoms with Crippen molar-refractivity contribution in [3.8, 4) is 0 Å². The third kappa shape index (κ3) is 7.78. The molecule has 0 rings (SSSR count). The van der Waals surface area contributed by atoms with E-state index in [4.69, 9.17) is 9.84 Å². The second kappa shape index (κ2) is 7.98. The Hall–Kier alpha value is -0.120. The van der Waals surface area contributed by atoms with E-state index in [1.165, 1.54) is 0 Å². The average molecular weight is 161 g/mol. The predicted octanol–water partition coefficient (Wildman–Crippen LogP) is 0.337. The third-order valence-electron chi connectivity index (χ3n) is 1.51. The Kier molecular flexibility index (Phi) is 7.89. The first kappa shape index (κ1) is 10.9. The summed E-state index contributed by atoms with van der Waals surface area (Å²) >= 11 is 0. The summed E-state index contributed by atoms with van der Waals surface area (Å²) in [6.07, 6.45) is 1.05. The zero-order valence-electron chi connectivity index (χ0n) is 7.55. The van der Waals surface area contributed by atoms with Gasteiger partial charge < -0.3 is 14.7 Å². The van der Waals surface area contributed by atoms with Crippen LogP contribution in [0.25, 0.3) is 0 Å². The van der Waals surface area contributed by atoms with E-state index in [1.807, 2.05) is 14.0 Å². The summed E-state index contributed by atoms with van der Waals surface area (Å²) in [5.74, 6) is 0. The van der Waals surface area contributed by atoms with E-state index in [-0.39, 0.29) is 6.61 Å². The van der Waals surface area contributed by atoms with Crippen molar-refractivity contribution < 1.29 is 9.84 Å². The number of likely N-dealkylation sites (N-methyl/N-ethyl adjacent to an activating group) is 1. The van der Waals surface area contributed by atoms with E-state index in [0.717, 1.165) is 32.7 Å². The van der Waals surface area contributed by atoms with Gasteiger partial charge in [-0.05, 0) is 20.4 Å². The summed E-state index contributed by atoms with van der Waals surface area (Å²) < 4.78 is 5.17. The van der Waals surface area contributed by atoms with Crippen LogP contribution < -0.4 is 0 Å². The van der Waals surface area contributed by atoms with Crippen LogP contribution >= 0.6 is 0 Å². The molecule has 0 aliphatic heterocycles. The van der Waals surface area contributed by atoms with Gasteiger partial charge >= 0.3 is 0 Å². The van der Waals surface area contributed by atoms with Crippen molar-refractivity contribution in [3.63, 3.8) is 0 Å². The van der Waals surface area contributed by atoms with Crippen molar-refractivity contribution >= 4 is 0 Å². The quantitative estimate of drug-likeness (QED) is 0.546. The van der Waals surface area contributed by atoms with Crippen LogP contribution in [0.15, 0.2) is 0 Å². The Morgan fingerprint density at radius 2 is 2.09 bits per heavy atom. The van der Waals surface area contributed by atoms with Gasteiger partial charge in [-0.1, -0.05) is 0 Å². The highest BCUT2D eigenvalue weighted by Crippen LogP contribution is 1.87. The molecule has 3 nitrogen and oxygen atoms in total. The molecule has 3 heteroatoms. The minimum atomic E-state index is 0.241. The summed E-state index contributed by atoms with van der Waals surface area (Å²) in [6, 6.07) is 0. The summed E-state index contributed by atoms with van der Waals surface area (Å²) in [5, 5.41) is 8.57. The number of nitrogens with zero attached hydrogens (tertiary/aromatic N) is 1. The maximum Gasteiger partial charge on any atom is 0.0558 e. The lowest BCUT2D eigenvalue weighted by atomic mass is 10.4. The van der Waals surface area contributed by atoms with E-state index < -0.39 is 0 Å². The molecule has 0 aliphatic rings. The van der Waals surface area contributed by atoms with Gasteiger partial charge in [-0.25, -0.2) is 0 Å². The fourth-order valence-electron chi connectivity index (χ4n) is 0.863. The maximum absolute atomic E-state index is 8.57. The zero-order valence-corrected chi connectivity index (χ0v) is 7.55. The highest BCUT2D eigenvalue weighted by atomic mass is 16.5. The standard InChI is InChI=1S/C8H19NO2/c1-3-11-8-4-5-9(2)6-7-10/h10H,3-8H2,1-2H3. The fourth-order valence-corrected chi connectivity index (χ4v) is 0.863. The van der Waals surface area contributed by atoms with Crippen LogP contribution in [0.3, 0.4) is 0 Å². The van der Waals surface area contributed by atoms with Gasteiger partial charge in [0.05, 0.1) is 6.61 Å². The number of rotatable bonds is 7. The predicted molar refractivity (Wildman–Crippen MR) is 45.7 cm³/mol. The van der Waals surface area contributed by atoms with Gasteiger partial charge in [0.25, 0.3) is 0 Å². The molecule has 68 valence electrons. The topological polar surface area (TPSA) is 32.7 Å². The first-order valence-corrected chi connectivity index (χ1v) is 4.18. The lowest BCUT2D eigenvalue weighted by Gasteiger charge is -2.14. The van der Waals surface area contributed by atoms with Crippen LogP contribution in [0.4, 0.5) is 0 Å². The Morgan fingerprint density at radius 3 is 2.64 bits per heavy atom. The van der Waals surface area contributed by atoms with E-state index in [0.29, 0.717) is 0 Å². The molecule has 0 atom stereocenters. The molecule has 0 spiro atoms. The minimum Gasteiger partial charge on any atom is -0.395 e. The van der Waals surface area contributed by atoms with Gasteiger partial charge in [0, 0.05) is 26.3 Å². The summed E-state index contributed by atoms with van der Waals surface area (Å²) in [7, 11) is 2.00. The van der Waals surface area contributed by atoms with Gasteiger partial charge in [0.1, 0.15) is 0 Å². The SMILES string of the molecule is CCOCCCN(C)CCO.